The van der Waals surface area contributed by atoms with Crippen LogP contribution in [0.3, 0.4) is 0 Å². The van der Waals surface area contributed by atoms with Crippen molar-refractivity contribution in [1.29, 1.82) is 0 Å². The molecule has 1 amide bonds. The van der Waals surface area contributed by atoms with E-state index in [9.17, 15) is 9.59 Å². The summed E-state index contributed by atoms with van der Waals surface area (Å²) in [5.74, 6) is -0.601. The van der Waals surface area contributed by atoms with Gasteiger partial charge in [-0.3, -0.25) is 4.79 Å². The number of rotatable bonds is 1. The molecule has 0 spiro atoms. The number of carbonyl (C=O) groups is 1. The van der Waals surface area contributed by atoms with Gasteiger partial charge in [-0.25, -0.2) is 4.79 Å². The quantitative estimate of drug-likeness (QED) is 0.291. The van der Waals surface area contributed by atoms with Crippen LogP contribution in [0.15, 0.2) is 68.8 Å². The summed E-state index contributed by atoms with van der Waals surface area (Å²) in [4.78, 5) is 30.3. The van der Waals surface area contributed by atoms with Gasteiger partial charge >= 0.3 is 5.63 Å². The number of aromatic nitrogens is 1. The van der Waals surface area contributed by atoms with Crippen LogP contribution in [0.4, 0.5) is 0 Å². The molecule has 5 nitrogen and oxygen atoms in total. The van der Waals surface area contributed by atoms with Gasteiger partial charge in [-0.05, 0) is 47.9 Å². The fraction of sp³-hybridized carbons (Fsp3) is 0.125. The van der Waals surface area contributed by atoms with E-state index >= 15 is 0 Å². The lowest BCUT2D eigenvalue weighted by Gasteiger charge is -2.04. The van der Waals surface area contributed by atoms with Gasteiger partial charge in [-0.2, -0.15) is 4.99 Å². The van der Waals surface area contributed by atoms with Crippen molar-refractivity contribution < 1.29 is 9.21 Å². The van der Waals surface area contributed by atoms with Crippen molar-refractivity contribution in [1.82, 2.24) is 4.57 Å². The first-order chi connectivity index (χ1) is 14.4. The van der Waals surface area contributed by atoms with Crippen LogP contribution in [0, 0.1) is 13.8 Å². The molecule has 2 heterocycles. The monoisotopic (exact) mass is 414 g/mol. The molecule has 3 aromatic carbocycles. The number of fused-ring (bicyclic) bond motifs is 4. The summed E-state index contributed by atoms with van der Waals surface area (Å²) >= 11 is 1.44. The van der Waals surface area contributed by atoms with Crippen molar-refractivity contribution in [2.45, 2.75) is 13.8 Å². The third-order valence-electron chi connectivity index (χ3n) is 5.42. The Morgan fingerprint density at radius 3 is 2.57 bits per heavy atom. The SMILES string of the molecule is Cc1ccc(C)c2c1sc(=NC(=O)c1cc3c(ccc4ccccc43)oc1=O)n2C. The average Bonchev–Trinajstić information content (AvgIpc) is 3.07. The fourth-order valence-electron chi connectivity index (χ4n) is 3.84. The van der Waals surface area contributed by atoms with Crippen molar-refractivity contribution in [3.63, 3.8) is 0 Å². The molecule has 0 saturated carbocycles. The van der Waals surface area contributed by atoms with Gasteiger partial charge in [-0.1, -0.05) is 53.8 Å². The van der Waals surface area contributed by atoms with Gasteiger partial charge in [0.2, 0.25) is 0 Å². The number of amides is 1. The summed E-state index contributed by atoms with van der Waals surface area (Å²) in [6, 6.07) is 17.1. The van der Waals surface area contributed by atoms with Crippen LogP contribution in [0.5, 0.6) is 0 Å². The Labute approximate surface area is 175 Å². The minimum atomic E-state index is -0.678. The van der Waals surface area contributed by atoms with Crippen molar-refractivity contribution in [3.05, 3.63) is 86.5 Å². The number of hydrogen-bond acceptors (Lipinski definition) is 4. The molecule has 0 atom stereocenters. The molecule has 5 aromatic rings. The van der Waals surface area contributed by atoms with E-state index in [0.29, 0.717) is 10.4 Å². The van der Waals surface area contributed by atoms with E-state index in [2.05, 4.69) is 17.1 Å². The zero-order chi connectivity index (χ0) is 21.0. The Morgan fingerprint density at radius 1 is 1.00 bits per heavy atom. The molecule has 0 aliphatic rings. The van der Waals surface area contributed by atoms with Crippen LogP contribution in [0.2, 0.25) is 0 Å². The van der Waals surface area contributed by atoms with Crippen LogP contribution in [-0.4, -0.2) is 10.5 Å². The van der Waals surface area contributed by atoms with Gasteiger partial charge in [0.05, 0.1) is 10.2 Å². The Bertz CT molecular complexity index is 1620. The lowest BCUT2D eigenvalue weighted by atomic mass is 10.0. The second-order valence-electron chi connectivity index (χ2n) is 7.38. The zero-order valence-electron chi connectivity index (χ0n) is 16.7. The van der Waals surface area contributed by atoms with Gasteiger partial charge in [-0.15, -0.1) is 0 Å². The molecule has 30 heavy (non-hydrogen) atoms. The summed E-state index contributed by atoms with van der Waals surface area (Å²) in [5.41, 5.74) is 2.99. The molecule has 0 aliphatic heterocycles. The van der Waals surface area contributed by atoms with Crippen molar-refractivity contribution in [2.24, 2.45) is 12.0 Å². The third kappa shape index (κ3) is 2.80. The Balaban J connectivity index is 1.73. The van der Waals surface area contributed by atoms with E-state index < -0.39 is 11.5 Å². The molecule has 0 saturated heterocycles. The number of hydrogen-bond donors (Lipinski definition) is 0. The fourth-order valence-corrected chi connectivity index (χ4v) is 5.00. The average molecular weight is 414 g/mol. The normalized spacial score (nSPS) is 12.3. The Morgan fingerprint density at radius 2 is 1.77 bits per heavy atom. The van der Waals surface area contributed by atoms with E-state index in [-0.39, 0.29) is 5.56 Å². The standard InChI is InChI=1S/C24H18N2O3S/c1-13-8-9-14(2)21-20(13)26(3)24(30-21)25-22(27)18-12-17-16-7-5-4-6-15(16)10-11-19(17)29-23(18)28/h4-12H,1-3H3. The first kappa shape index (κ1) is 18.5. The van der Waals surface area contributed by atoms with Crippen LogP contribution >= 0.6 is 11.3 Å². The lowest BCUT2D eigenvalue weighted by molar-refractivity contribution is 0.0994. The van der Waals surface area contributed by atoms with Crippen molar-refractivity contribution in [3.8, 4) is 0 Å². The van der Waals surface area contributed by atoms with E-state index in [1.165, 1.54) is 11.3 Å². The highest BCUT2D eigenvalue weighted by Gasteiger charge is 2.16. The maximum absolute atomic E-state index is 13.0. The predicted molar refractivity (Wildman–Crippen MR) is 120 cm³/mol. The van der Waals surface area contributed by atoms with E-state index in [0.717, 1.165) is 37.5 Å². The maximum Gasteiger partial charge on any atom is 0.349 e. The Hall–Kier alpha value is -3.51. The highest BCUT2D eigenvalue weighted by Crippen LogP contribution is 2.26. The highest BCUT2D eigenvalue weighted by molar-refractivity contribution is 7.16. The molecule has 0 bridgehead atoms. The van der Waals surface area contributed by atoms with Crippen molar-refractivity contribution in [2.75, 3.05) is 0 Å². The molecular formula is C24H18N2O3S. The molecular weight excluding hydrogens is 396 g/mol. The molecule has 6 heteroatoms. The molecule has 0 aliphatic carbocycles. The van der Waals surface area contributed by atoms with Gasteiger partial charge in [0.1, 0.15) is 11.1 Å². The van der Waals surface area contributed by atoms with Crippen LogP contribution < -0.4 is 10.4 Å². The van der Waals surface area contributed by atoms with Gasteiger partial charge < -0.3 is 8.98 Å². The highest BCUT2D eigenvalue weighted by atomic mass is 32.1. The molecule has 0 fully saturated rings. The van der Waals surface area contributed by atoms with Gasteiger partial charge in [0.15, 0.2) is 4.80 Å². The number of thiazole rings is 1. The predicted octanol–water partition coefficient (Wildman–Crippen LogP) is 4.86. The van der Waals surface area contributed by atoms with Gasteiger partial charge in [0.25, 0.3) is 5.91 Å². The number of nitrogens with zero attached hydrogens (tertiary/aromatic N) is 2. The largest absolute Gasteiger partial charge is 0.422 e. The van der Waals surface area contributed by atoms with E-state index in [1.807, 2.05) is 55.8 Å². The summed E-state index contributed by atoms with van der Waals surface area (Å²) in [7, 11) is 1.88. The number of aryl methyl sites for hydroxylation is 3. The second-order valence-corrected chi connectivity index (χ2v) is 8.36. The van der Waals surface area contributed by atoms with Gasteiger partial charge in [0, 0.05) is 12.4 Å². The minimum absolute atomic E-state index is 0.0650. The lowest BCUT2D eigenvalue weighted by Crippen LogP contribution is -2.18. The summed E-state index contributed by atoms with van der Waals surface area (Å²) in [5, 5.41) is 2.65. The molecule has 0 N–H and O–H groups in total. The molecule has 5 rings (SSSR count). The van der Waals surface area contributed by atoms with Crippen LogP contribution in [0.1, 0.15) is 21.5 Å². The number of carbonyl (C=O) groups excluding carboxylic acids is 1. The van der Waals surface area contributed by atoms with E-state index in [4.69, 9.17) is 4.42 Å². The first-order valence-electron chi connectivity index (χ1n) is 9.54. The maximum atomic E-state index is 13.0. The molecule has 0 unspecified atom stereocenters. The summed E-state index contributed by atoms with van der Waals surface area (Å²) in [6.07, 6.45) is 0. The van der Waals surface area contributed by atoms with E-state index in [1.54, 1.807) is 12.1 Å². The smallest absolute Gasteiger partial charge is 0.349 e. The first-order valence-corrected chi connectivity index (χ1v) is 10.4. The molecule has 2 aromatic heterocycles. The second kappa shape index (κ2) is 6.78. The van der Waals surface area contributed by atoms with Crippen molar-refractivity contribution >= 4 is 49.2 Å². The topological polar surface area (TPSA) is 64.6 Å². The minimum Gasteiger partial charge on any atom is -0.422 e. The number of benzene rings is 3. The molecule has 148 valence electrons. The molecule has 0 radical (unpaired) electrons. The summed E-state index contributed by atoms with van der Waals surface area (Å²) in [6.45, 7) is 4.07. The zero-order valence-corrected chi connectivity index (χ0v) is 17.5. The Kier molecular flexibility index (Phi) is 4.18. The summed E-state index contributed by atoms with van der Waals surface area (Å²) < 4.78 is 8.43. The van der Waals surface area contributed by atoms with Crippen LogP contribution in [-0.2, 0) is 7.05 Å². The third-order valence-corrected chi connectivity index (χ3v) is 6.68. The van der Waals surface area contributed by atoms with Crippen LogP contribution in [0.25, 0.3) is 32.0 Å².